The second-order valence-electron chi connectivity index (χ2n) is 7.18. The van der Waals surface area contributed by atoms with Crippen LogP contribution in [0.15, 0.2) is 12.7 Å². The maximum Gasteiger partial charge on any atom is 0.417 e. The number of ether oxygens (including phenoxy) is 2. The van der Waals surface area contributed by atoms with Crippen molar-refractivity contribution in [3.05, 3.63) is 12.7 Å². The van der Waals surface area contributed by atoms with Crippen LogP contribution in [0.2, 0.25) is 0 Å². The Kier molecular flexibility index (Phi) is 6.36. The van der Waals surface area contributed by atoms with Crippen LogP contribution in [0.25, 0.3) is 0 Å². The Morgan fingerprint density at radius 2 is 2.00 bits per heavy atom. The van der Waals surface area contributed by atoms with Crippen LogP contribution in [0.5, 0.6) is 0 Å². The first kappa shape index (κ1) is 19.2. The van der Waals surface area contributed by atoms with Gasteiger partial charge in [0.25, 0.3) is 0 Å². The van der Waals surface area contributed by atoms with E-state index in [0.29, 0.717) is 6.42 Å². The largest absolute Gasteiger partial charge is 0.461 e. The number of amides is 2. The first-order valence-electron chi connectivity index (χ1n) is 7.90. The first-order valence-corrected chi connectivity index (χ1v) is 7.90. The van der Waals surface area contributed by atoms with E-state index in [2.05, 4.69) is 6.58 Å². The summed E-state index contributed by atoms with van der Waals surface area (Å²) in [5.74, 6) is -1.83. The van der Waals surface area contributed by atoms with Crippen LogP contribution in [0.3, 0.4) is 0 Å². The van der Waals surface area contributed by atoms with E-state index in [9.17, 15) is 14.4 Å². The molecular weight excluding hydrogens is 298 g/mol. The minimum Gasteiger partial charge on any atom is -0.461 e. The van der Waals surface area contributed by atoms with Gasteiger partial charge in [0.2, 0.25) is 5.91 Å². The third-order valence-corrected chi connectivity index (χ3v) is 3.37. The van der Waals surface area contributed by atoms with Crippen molar-refractivity contribution in [2.45, 2.75) is 59.1 Å². The summed E-state index contributed by atoms with van der Waals surface area (Å²) >= 11 is 0. The lowest BCUT2D eigenvalue weighted by Gasteiger charge is -2.28. The number of hydrogen-bond acceptors (Lipinski definition) is 5. The lowest BCUT2D eigenvalue weighted by Crippen LogP contribution is -2.43. The number of nitrogens with zero attached hydrogens (tertiary/aromatic N) is 1. The van der Waals surface area contributed by atoms with Gasteiger partial charge in [-0.25, -0.2) is 9.69 Å². The molecular formula is C17H27NO5. The van der Waals surface area contributed by atoms with E-state index in [0.717, 1.165) is 4.90 Å². The number of imide groups is 1. The molecule has 0 bridgehead atoms. The van der Waals surface area contributed by atoms with E-state index in [1.165, 1.54) is 6.08 Å². The average molecular weight is 325 g/mol. The van der Waals surface area contributed by atoms with Crippen molar-refractivity contribution in [3.63, 3.8) is 0 Å². The van der Waals surface area contributed by atoms with E-state index in [-0.39, 0.29) is 25.0 Å². The lowest BCUT2D eigenvalue weighted by molar-refractivity contribution is -0.151. The average Bonchev–Trinajstić information content (AvgIpc) is 2.70. The third kappa shape index (κ3) is 5.37. The molecule has 1 heterocycles. The number of carbonyl (C=O) groups is 3. The third-order valence-electron chi connectivity index (χ3n) is 3.37. The van der Waals surface area contributed by atoms with Gasteiger partial charge in [0.05, 0.1) is 0 Å². The molecule has 0 aromatic carbocycles. The summed E-state index contributed by atoms with van der Waals surface area (Å²) in [5, 5.41) is 0. The van der Waals surface area contributed by atoms with Gasteiger partial charge in [-0.1, -0.05) is 26.5 Å². The first-order chi connectivity index (χ1) is 10.6. The SMILES string of the molecule is C=CCOC(=O)C1C[C@H](CC(C)C)N(C(=O)OC(C)(C)C)C1=O. The Bertz CT molecular complexity index is 478. The van der Waals surface area contributed by atoms with E-state index in [4.69, 9.17) is 9.47 Å². The fraction of sp³-hybridized carbons (Fsp3) is 0.706. The van der Waals surface area contributed by atoms with Crippen LogP contribution in [0, 0.1) is 11.8 Å². The van der Waals surface area contributed by atoms with Gasteiger partial charge in [0, 0.05) is 6.04 Å². The van der Waals surface area contributed by atoms with Gasteiger partial charge in [-0.2, -0.15) is 0 Å². The number of carbonyl (C=O) groups excluding carboxylic acids is 3. The number of rotatable bonds is 5. The smallest absolute Gasteiger partial charge is 0.417 e. The van der Waals surface area contributed by atoms with E-state index in [1.54, 1.807) is 20.8 Å². The van der Waals surface area contributed by atoms with Gasteiger partial charge in [-0.15, -0.1) is 0 Å². The predicted octanol–water partition coefficient (Wildman–Crippen LogP) is 2.91. The monoisotopic (exact) mass is 325 g/mol. The molecule has 1 unspecified atom stereocenters. The van der Waals surface area contributed by atoms with Crippen molar-refractivity contribution >= 4 is 18.0 Å². The topological polar surface area (TPSA) is 72.9 Å². The molecule has 0 aliphatic carbocycles. The normalized spacial score (nSPS) is 21.5. The molecule has 130 valence electrons. The van der Waals surface area contributed by atoms with Gasteiger partial charge < -0.3 is 9.47 Å². The van der Waals surface area contributed by atoms with Crippen molar-refractivity contribution in [1.29, 1.82) is 0 Å². The number of hydrogen-bond donors (Lipinski definition) is 0. The summed E-state index contributed by atoms with van der Waals surface area (Å²) in [6, 6.07) is -0.348. The lowest BCUT2D eigenvalue weighted by atomic mass is 9.98. The van der Waals surface area contributed by atoms with E-state index >= 15 is 0 Å². The standard InChI is InChI=1S/C17H27NO5/c1-7-8-22-15(20)13-10-12(9-11(2)3)18(14(13)19)16(21)23-17(4,5)6/h7,11-13H,1,8-10H2,2-6H3/t12-,13?/m0/s1. The fourth-order valence-corrected chi connectivity index (χ4v) is 2.56. The molecule has 0 radical (unpaired) electrons. The molecule has 2 atom stereocenters. The summed E-state index contributed by atoms with van der Waals surface area (Å²) in [7, 11) is 0. The van der Waals surface area contributed by atoms with Gasteiger partial charge in [-0.05, 0) is 39.5 Å². The maximum absolute atomic E-state index is 12.5. The molecule has 0 aromatic heterocycles. The Balaban J connectivity index is 2.94. The predicted molar refractivity (Wildman–Crippen MR) is 85.6 cm³/mol. The fourth-order valence-electron chi connectivity index (χ4n) is 2.56. The Morgan fingerprint density at radius 3 is 2.48 bits per heavy atom. The zero-order chi connectivity index (χ0) is 17.8. The van der Waals surface area contributed by atoms with Crippen LogP contribution in [0.1, 0.15) is 47.5 Å². The Labute approximate surface area is 137 Å². The molecule has 23 heavy (non-hydrogen) atoms. The molecule has 0 spiro atoms. The molecule has 2 amide bonds. The van der Waals surface area contributed by atoms with Gasteiger partial charge in [-0.3, -0.25) is 9.59 Å². The molecule has 0 saturated carbocycles. The molecule has 1 aliphatic heterocycles. The molecule has 0 aromatic rings. The van der Waals surface area contributed by atoms with E-state index < -0.39 is 29.5 Å². The summed E-state index contributed by atoms with van der Waals surface area (Å²) in [6.45, 7) is 12.7. The summed E-state index contributed by atoms with van der Waals surface area (Å²) in [6.07, 6.45) is 1.63. The highest BCUT2D eigenvalue weighted by atomic mass is 16.6. The Morgan fingerprint density at radius 1 is 1.39 bits per heavy atom. The van der Waals surface area contributed by atoms with Crippen molar-refractivity contribution < 1.29 is 23.9 Å². The molecule has 1 rings (SSSR count). The zero-order valence-electron chi connectivity index (χ0n) is 14.6. The highest BCUT2D eigenvalue weighted by Crippen LogP contribution is 2.31. The molecule has 1 fully saturated rings. The van der Waals surface area contributed by atoms with Crippen LogP contribution >= 0.6 is 0 Å². The van der Waals surface area contributed by atoms with Crippen molar-refractivity contribution in [2.75, 3.05) is 6.61 Å². The van der Waals surface area contributed by atoms with Crippen LogP contribution < -0.4 is 0 Å². The van der Waals surface area contributed by atoms with Crippen molar-refractivity contribution in [2.24, 2.45) is 11.8 Å². The van der Waals surface area contributed by atoms with Gasteiger partial charge in [0.1, 0.15) is 18.1 Å². The minimum atomic E-state index is -0.953. The number of likely N-dealkylation sites (tertiary alicyclic amines) is 1. The Hall–Kier alpha value is -1.85. The van der Waals surface area contributed by atoms with E-state index in [1.807, 2.05) is 13.8 Å². The maximum atomic E-state index is 12.5. The van der Waals surface area contributed by atoms with Crippen LogP contribution in [-0.2, 0) is 19.1 Å². The zero-order valence-corrected chi connectivity index (χ0v) is 14.6. The molecule has 0 N–H and O–H groups in total. The van der Waals surface area contributed by atoms with Gasteiger partial charge in [0.15, 0.2) is 0 Å². The highest BCUT2D eigenvalue weighted by Gasteiger charge is 2.48. The summed E-state index contributed by atoms with van der Waals surface area (Å²) in [4.78, 5) is 38.0. The van der Waals surface area contributed by atoms with Gasteiger partial charge >= 0.3 is 12.1 Å². The second-order valence-corrected chi connectivity index (χ2v) is 7.18. The molecule has 6 nitrogen and oxygen atoms in total. The molecule has 1 saturated heterocycles. The summed E-state index contributed by atoms with van der Waals surface area (Å²) in [5.41, 5.74) is -0.707. The molecule has 1 aliphatic rings. The minimum absolute atomic E-state index is 0.0455. The van der Waals surface area contributed by atoms with Crippen LogP contribution in [-0.4, -0.2) is 41.1 Å². The quantitative estimate of drug-likeness (QED) is 0.441. The highest BCUT2D eigenvalue weighted by molar-refractivity contribution is 6.05. The second kappa shape index (κ2) is 7.62. The van der Waals surface area contributed by atoms with Crippen molar-refractivity contribution in [1.82, 2.24) is 4.90 Å². The molecule has 6 heteroatoms. The van der Waals surface area contributed by atoms with Crippen molar-refractivity contribution in [3.8, 4) is 0 Å². The van der Waals surface area contributed by atoms with Crippen LogP contribution in [0.4, 0.5) is 4.79 Å². The number of esters is 1. The summed E-state index contributed by atoms with van der Waals surface area (Å²) < 4.78 is 10.3.